The van der Waals surface area contributed by atoms with Crippen LogP contribution in [0.2, 0.25) is 0 Å². The summed E-state index contributed by atoms with van der Waals surface area (Å²) in [5.41, 5.74) is 0. The molecule has 1 amide bonds. The van der Waals surface area contributed by atoms with Crippen LogP contribution >= 0.6 is 0 Å². The monoisotopic (exact) mass is 288 g/mol. The molecule has 19 heavy (non-hydrogen) atoms. The fourth-order valence-electron chi connectivity index (χ4n) is 1.54. The number of nitrogens with zero attached hydrogens (tertiary/aromatic N) is 4. The summed E-state index contributed by atoms with van der Waals surface area (Å²) in [6, 6.07) is -0.360. The first-order chi connectivity index (χ1) is 8.81. The largest absolute Gasteiger partial charge is 0.346 e. The number of hydrogen-bond acceptors (Lipinski definition) is 5. The summed E-state index contributed by atoms with van der Waals surface area (Å²) in [5.74, 6) is 0.237. The summed E-state index contributed by atoms with van der Waals surface area (Å²) in [4.78, 5) is 17.4. The summed E-state index contributed by atoms with van der Waals surface area (Å²) in [7, 11) is -3.48. The van der Waals surface area contributed by atoms with Crippen LogP contribution in [0.4, 0.5) is 4.79 Å². The van der Waals surface area contributed by atoms with E-state index in [1.165, 1.54) is 6.92 Å². The highest BCUT2D eigenvalue weighted by molar-refractivity contribution is 7.91. The molecule has 0 saturated heterocycles. The molecule has 0 bridgehead atoms. The first-order valence-corrected chi connectivity index (χ1v) is 7.90. The lowest BCUT2D eigenvalue weighted by atomic mass is 10.2. The topological polar surface area (TPSA) is 85.2 Å². The number of sulfone groups is 1. The Morgan fingerprint density at radius 2 is 2.05 bits per heavy atom. The van der Waals surface area contributed by atoms with Gasteiger partial charge in [0, 0.05) is 13.1 Å². The van der Waals surface area contributed by atoms with Gasteiger partial charge in [0.15, 0.2) is 0 Å². The summed E-state index contributed by atoms with van der Waals surface area (Å²) < 4.78 is 24.2. The number of carbonyl (C=O) groups excluding carboxylic acids is 1. The Hall–Kier alpha value is -1.44. The lowest BCUT2D eigenvalue weighted by Gasteiger charge is -2.21. The van der Waals surface area contributed by atoms with Gasteiger partial charge in [0.05, 0.1) is 5.75 Å². The Labute approximate surface area is 113 Å². The molecule has 1 aromatic rings. The Kier molecular flexibility index (Phi) is 5.04. The molecule has 0 fully saturated rings. The average molecular weight is 288 g/mol. The number of rotatable bonds is 5. The number of aromatic nitrogens is 3. The van der Waals surface area contributed by atoms with Crippen LogP contribution in [0.25, 0.3) is 0 Å². The van der Waals surface area contributed by atoms with Gasteiger partial charge in [0.2, 0.25) is 9.84 Å². The minimum absolute atomic E-state index is 0.0886. The van der Waals surface area contributed by atoms with Gasteiger partial charge in [-0.05, 0) is 12.8 Å². The highest BCUT2D eigenvalue weighted by atomic mass is 32.2. The molecule has 0 atom stereocenters. The van der Waals surface area contributed by atoms with Gasteiger partial charge in [0.25, 0.3) is 5.16 Å². The zero-order valence-electron chi connectivity index (χ0n) is 11.7. The summed E-state index contributed by atoms with van der Waals surface area (Å²) in [5, 5.41) is 3.45. The quantitative estimate of drug-likeness (QED) is 0.807. The van der Waals surface area contributed by atoms with E-state index in [2.05, 4.69) is 10.1 Å². The Morgan fingerprint density at radius 1 is 1.42 bits per heavy atom. The molecule has 0 N–H and O–H groups in total. The van der Waals surface area contributed by atoms with Gasteiger partial charge in [-0.3, -0.25) is 0 Å². The molecule has 0 aliphatic heterocycles. The van der Waals surface area contributed by atoms with Crippen LogP contribution in [-0.4, -0.2) is 53.0 Å². The number of hydrogen-bond donors (Lipinski definition) is 0. The molecule has 108 valence electrons. The lowest BCUT2D eigenvalue weighted by molar-refractivity contribution is 0.192. The Bertz CT molecular complexity index is 536. The predicted octanol–water partition coefficient (Wildman–Crippen LogP) is 1.02. The third-order valence-electron chi connectivity index (χ3n) is 2.56. The van der Waals surface area contributed by atoms with Crippen molar-refractivity contribution in [3.05, 3.63) is 6.33 Å². The normalized spacial score (nSPS) is 11.8. The smallest absolute Gasteiger partial charge is 0.323 e. The van der Waals surface area contributed by atoms with Crippen LogP contribution < -0.4 is 0 Å². The summed E-state index contributed by atoms with van der Waals surface area (Å²) in [6.07, 6.45) is 1.15. The maximum atomic E-state index is 12.1. The molecule has 0 aliphatic carbocycles. The van der Waals surface area contributed by atoms with Crippen molar-refractivity contribution in [2.24, 2.45) is 5.92 Å². The molecule has 0 spiro atoms. The van der Waals surface area contributed by atoms with Gasteiger partial charge in [-0.15, -0.1) is 5.10 Å². The van der Waals surface area contributed by atoms with E-state index in [-0.39, 0.29) is 16.9 Å². The Balaban J connectivity index is 2.95. The van der Waals surface area contributed by atoms with Gasteiger partial charge in [-0.2, -0.15) is 4.68 Å². The van der Waals surface area contributed by atoms with Crippen LogP contribution in [0.3, 0.4) is 0 Å². The maximum Gasteiger partial charge on any atom is 0.346 e. The molecule has 1 heterocycles. The molecule has 1 aromatic heterocycles. The summed E-state index contributed by atoms with van der Waals surface area (Å²) in [6.45, 7) is 8.50. The highest BCUT2D eigenvalue weighted by Crippen LogP contribution is 2.06. The second-order valence-electron chi connectivity index (χ2n) is 4.59. The second-order valence-corrected chi connectivity index (χ2v) is 6.76. The SMILES string of the molecule is CCN(CC(C)C)C(=O)n1cnc(S(=O)(=O)CC)n1. The van der Waals surface area contributed by atoms with Crippen molar-refractivity contribution in [3.63, 3.8) is 0 Å². The molecule has 0 saturated carbocycles. The molecule has 1 rings (SSSR count). The van der Waals surface area contributed by atoms with Gasteiger partial charge >= 0.3 is 6.03 Å². The number of carbonyl (C=O) groups is 1. The van der Waals surface area contributed by atoms with Crippen molar-refractivity contribution in [1.82, 2.24) is 19.7 Å². The van der Waals surface area contributed by atoms with Crippen LogP contribution in [0.1, 0.15) is 27.7 Å². The zero-order chi connectivity index (χ0) is 14.6. The first kappa shape index (κ1) is 15.6. The van der Waals surface area contributed by atoms with Gasteiger partial charge in [-0.1, -0.05) is 20.8 Å². The van der Waals surface area contributed by atoms with E-state index < -0.39 is 9.84 Å². The zero-order valence-corrected chi connectivity index (χ0v) is 12.5. The van der Waals surface area contributed by atoms with Crippen molar-refractivity contribution in [2.45, 2.75) is 32.9 Å². The minimum atomic E-state index is -3.48. The van der Waals surface area contributed by atoms with Crippen molar-refractivity contribution in [3.8, 4) is 0 Å². The van der Waals surface area contributed by atoms with E-state index in [0.717, 1.165) is 11.0 Å². The highest BCUT2D eigenvalue weighted by Gasteiger charge is 2.21. The van der Waals surface area contributed by atoms with Crippen molar-refractivity contribution in [1.29, 1.82) is 0 Å². The van der Waals surface area contributed by atoms with Crippen molar-refractivity contribution >= 4 is 15.9 Å². The molecule has 0 aliphatic rings. The predicted molar refractivity (Wildman–Crippen MR) is 70.6 cm³/mol. The fourth-order valence-corrected chi connectivity index (χ4v) is 2.22. The van der Waals surface area contributed by atoms with E-state index in [0.29, 0.717) is 19.0 Å². The van der Waals surface area contributed by atoms with E-state index in [4.69, 9.17) is 0 Å². The van der Waals surface area contributed by atoms with Crippen molar-refractivity contribution < 1.29 is 13.2 Å². The first-order valence-electron chi connectivity index (χ1n) is 6.25. The average Bonchev–Trinajstić information content (AvgIpc) is 2.85. The minimum Gasteiger partial charge on any atom is -0.323 e. The van der Waals surface area contributed by atoms with Crippen LogP contribution in [0.15, 0.2) is 11.5 Å². The van der Waals surface area contributed by atoms with Crippen LogP contribution in [0.5, 0.6) is 0 Å². The van der Waals surface area contributed by atoms with E-state index in [1.807, 2.05) is 20.8 Å². The molecular formula is C11H20N4O3S. The second kappa shape index (κ2) is 6.14. The van der Waals surface area contributed by atoms with Gasteiger partial charge in [0.1, 0.15) is 6.33 Å². The third kappa shape index (κ3) is 3.76. The maximum absolute atomic E-state index is 12.1. The molecule has 7 nitrogen and oxygen atoms in total. The van der Waals surface area contributed by atoms with E-state index >= 15 is 0 Å². The standard InChI is InChI=1S/C11H20N4O3S/c1-5-14(7-9(3)4)11(16)15-8-12-10(13-15)19(17,18)6-2/h8-9H,5-7H2,1-4H3. The summed E-state index contributed by atoms with van der Waals surface area (Å²) >= 11 is 0. The lowest BCUT2D eigenvalue weighted by Crippen LogP contribution is -2.37. The number of amides is 1. The molecule has 0 unspecified atom stereocenters. The molecular weight excluding hydrogens is 268 g/mol. The van der Waals surface area contributed by atoms with Gasteiger partial charge in [-0.25, -0.2) is 18.2 Å². The van der Waals surface area contributed by atoms with Crippen LogP contribution in [-0.2, 0) is 9.84 Å². The molecule has 0 radical (unpaired) electrons. The van der Waals surface area contributed by atoms with Gasteiger partial charge < -0.3 is 4.90 Å². The third-order valence-corrected chi connectivity index (χ3v) is 4.07. The van der Waals surface area contributed by atoms with E-state index in [9.17, 15) is 13.2 Å². The fraction of sp³-hybridized carbons (Fsp3) is 0.727. The van der Waals surface area contributed by atoms with Crippen LogP contribution in [0, 0.1) is 5.92 Å². The van der Waals surface area contributed by atoms with E-state index in [1.54, 1.807) is 4.90 Å². The Morgan fingerprint density at radius 3 is 2.53 bits per heavy atom. The van der Waals surface area contributed by atoms with Crippen molar-refractivity contribution in [2.75, 3.05) is 18.8 Å². The molecule has 0 aromatic carbocycles. The molecule has 8 heteroatoms.